The van der Waals surface area contributed by atoms with Gasteiger partial charge < -0.3 is 10.2 Å². The Balaban J connectivity index is 1.48. The molecule has 4 nitrogen and oxygen atoms in total. The number of piperidine rings is 1. The summed E-state index contributed by atoms with van der Waals surface area (Å²) >= 11 is 1.71. The van der Waals surface area contributed by atoms with Crippen LogP contribution in [0.1, 0.15) is 37.3 Å². The fraction of sp³-hybridized carbons (Fsp3) is 0.522. The van der Waals surface area contributed by atoms with Crippen LogP contribution in [0, 0.1) is 5.41 Å². The molecule has 1 spiro atoms. The number of carbonyl (C=O) groups excluding carboxylic acids is 1. The zero-order chi connectivity index (χ0) is 19.6. The van der Waals surface area contributed by atoms with Crippen LogP contribution in [0.15, 0.2) is 47.2 Å². The number of nitrogens with zero attached hydrogens (tertiary/aromatic N) is 2. The van der Waals surface area contributed by atoms with Crippen LogP contribution in [0.2, 0.25) is 0 Å². The van der Waals surface area contributed by atoms with Crippen LogP contribution in [0.25, 0.3) is 0 Å². The number of hydrogen-bond donors (Lipinski definition) is 1. The molecule has 2 atom stereocenters. The Morgan fingerprint density at radius 1 is 1.18 bits per heavy atom. The smallest absolute Gasteiger partial charge is 0.240 e. The molecule has 2 heterocycles. The number of nitrogens with one attached hydrogen (secondary N) is 1. The molecule has 2 unspecified atom stereocenters. The van der Waals surface area contributed by atoms with Gasteiger partial charge in [0.05, 0.1) is 6.04 Å². The molecule has 2 aromatic rings. The molecule has 1 aliphatic carbocycles. The van der Waals surface area contributed by atoms with E-state index in [-0.39, 0.29) is 11.9 Å². The molecule has 0 bridgehead atoms. The highest BCUT2D eigenvalue weighted by Crippen LogP contribution is 2.56. The van der Waals surface area contributed by atoms with Crippen LogP contribution in [-0.2, 0) is 17.9 Å². The van der Waals surface area contributed by atoms with Crippen molar-refractivity contribution in [2.24, 2.45) is 5.41 Å². The lowest BCUT2D eigenvalue weighted by Crippen LogP contribution is -2.47. The minimum absolute atomic E-state index is 0.127. The lowest BCUT2D eigenvalue weighted by Gasteiger charge is -2.33. The average molecular weight is 398 g/mol. The summed E-state index contributed by atoms with van der Waals surface area (Å²) in [5.74, 6) is 0.269. The van der Waals surface area contributed by atoms with Crippen LogP contribution in [0.3, 0.4) is 0 Å². The Morgan fingerprint density at radius 2 is 1.93 bits per heavy atom. The third-order valence-corrected chi connectivity index (χ3v) is 7.36. The predicted octanol–water partition coefficient (Wildman–Crippen LogP) is 3.74. The van der Waals surface area contributed by atoms with Crippen LogP contribution in [-0.4, -0.2) is 47.9 Å². The van der Waals surface area contributed by atoms with Crippen molar-refractivity contribution in [3.8, 4) is 0 Å². The van der Waals surface area contributed by atoms with Gasteiger partial charge in [-0.25, -0.2) is 0 Å². The first-order valence-electron chi connectivity index (χ1n) is 10.4. The van der Waals surface area contributed by atoms with Gasteiger partial charge in [-0.3, -0.25) is 9.69 Å². The van der Waals surface area contributed by atoms with Crippen molar-refractivity contribution < 1.29 is 4.79 Å². The lowest BCUT2D eigenvalue weighted by atomic mass is 9.93. The summed E-state index contributed by atoms with van der Waals surface area (Å²) in [5, 5.41) is 7.76. The summed E-state index contributed by atoms with van der Waals surface area (Å²) < 4.78 is 0. The number of rotatable bonds is 7. The van der Waals surface area contributed by atoms with Crippen LogP contribution >= 0.6 is 11.3 Å². The molecule has 28 heavy (non-hydrogen) atoms. The van der Waals surface area contributed by atoms with E-state index in [4.69, 9.17) is 0 Å². The van der Waals surface area contributed by atoms with Crippen molar-refractivity contribution in [2.75, 3.05) is 20.1 Å². The van der Waals surface area contributed by atoms with Gasteiger partial charge in [0.25, 0.3) is 0 Å². The average Bonchev–Trinajstić information content (AvgIpc) is 3.14. The summed E-state index contributed by atoms with van der Waals surface area (Å²) in [6.07, 6.45) is 3.55. The Bertz CT molecular complexity index is 770. The monoisotopic (exact) mass is 397 g/mol. The van der Waals surface area contributed by atoms with E-state index in [2.05, 4.69) is 70.2 Å². The third kappa shape index (κ3) is 4.17. The second-order valence-electron chi connectivity index (χ2n) is 8.51. The first kappa shape index (κ1) is 19.6. The minimum atomic E-state index is -0.127. The highest BCUT2D eigenvalue weighted by Gasteiger charge is 2.58. The van der Waals surface area contributed by atoms with Gasteiger partial charge in [0.1, 0.15) is 0 Å². The maximum atomic E-state index is 13.6. The molecule has 1 saturated heterocycles. The Morgan fingerprint density at radius 3 is 2.61 bits per heavy atom. The zero-order valence-corrected chi connectivity index (χ0v) is 17.8. The molecule has 1 N–H and O–H groups in total. The summed E-state index contributed by atoms with van der Waals surface area (Å²) in [6, 6.07) is 12.8. The number of carbonyl (C=O) groups is 1. The quantitative estimate of drug-likeness (QED) is 0.773. The second kappa shape index (κ2) is 8.36. The van der Waals surface area contributed by atoms with Gasteiger partial charge in [0.2, 0.25) is 5.91 Å². The van der Waals surface area contributed by atoms with Gasteiger partial charge in [0, 0.05) is 19.1 Å². The maximum absolute atomic E-state index is 13.6. The fourth-order valence-electron chi connectivity index (χ4n) is 4.59. The van der Waals surface area contributed by atoms with E-state index in [9.17, 15) is 4.79 Å². The molecule has 4 rings (SSSR count). The first-order valence-corrected chi connectivity index (χ1v) is 11.3. The predicted molar refractivity (Wildman–Crippen MR) is 115 cm³/mol. The number of benzene rings is 1. The SMILES string of the molecule is CC(C(=O)N(Cc1ccsc1)C1CC12CCNCC2)N(C)Cc1ccccc1. The number of likely N-dealkylation sites (N-methyl/N-ethyl adjacent to an activating group) is 1. The van der Waals surface area contributed by atoms with Gasteiger partial charge in [-0.05, 0) is 79.7 Å². The molecule has 150 valence electrons. The van der Waals surface area contributed by atoms with E-state index in [1.165, 1.54) is 30.4 Å². The summed E-state index contributed by atoms with van der Waals surface area (Å²) in [5.41, 5.74) is 2.86. The molecule has 5 heteroatoms. The second-order valence-corrected chi connectivity index (χ2v) is 9.29. The number of hydrogen-bond acceptors (Lipinski definition) is 4. The van der Waals surface area contributed by atoms with Crippen LogP contribution in [0.5, 0.6) is 0 Å². The van der Waals surface area contributed by atoms with Gasteiger partial charge in [-0.15, -0.1) is 0 Å². The molecular weight excluding hydrogens is 366 g/mol. The Hall–Kier alpha value is -1.69. The van der Waals surface area contributed by atoms with E-state index in [1.54, 1.807) is 11.3 Å². The van der Waals surface area contributed by atoms with Crippen molar-refractivity contribution in [3.05, 3.63) is 58.3 Å². The van der Waals surface area contributed by atoms with E-state index in [0.29, 0.717) is 11.5 Å². The van der Waals surface area contributed by atoms with Crippen molar-refractivity contribution in [3.63, 3.8) is 0 Å². The molecule has 0 radical (unpaired) electrons. The number of amides is 1. The van der Waals surface area contributed by atoms with Crippen LogP contribution < -0.4 is 5.32 Å². The molecular formula is C23H31N3OS. The van der Waals surface area contributed by atoms with E-state index < -0.39 is 0 Å². The van der Waals surface area contributed by atoms with Gasteiger partial charge in [-0.2, -0.15) is 11.3 Å². The van der Waals surface area contributed by atoms with Gasteiger partial charge >= 0.3 is 0 Å². The van der Waals surface area contributed by atoms with E-state index >= 15 is 0 Å². The normalized spacial score (nSPS) is 21.6. The molecule has 1 aromatic carbocycles. The Kier molecular flexibility index (Phi) is 5.85. The highest BCUT2D eigenvalue weighted by molar-refractivity contribution is 7.07. The summed E-state index contributed by atoms with van der Waals surface area (Å²) in [4.78, 5) is 18.0. The summed E-state index contributed by atoms with van der Waals surface area (Å²) in [7, 11) is 2.06. The van der Waals surface area contributed by atoms with Crippen molar-refractivity contribution >= 4 is 17.2 Å². The maximum Gasteiger partial charge on any atom is 0.240 e. The van der Waals surface area contributed by atoms with Gasteiger partial charge in [0.15, 0.2) is 0 Å². The van der Waals surface area contributed by atoms with Crippen molar-refractivity contribution in [1.82, 2.24) is 15.1 Å². The molecule has 2 fully saturated rings. The Labute approximate surface area is 172 Å². The topological polar surface area (TPSA) is 35.6 Å². The van der Waals surface area contributed by atoms with E-state index in [1.807, 2.05) is 6.07 Å². The molecule has 2 aliphatic rings. The van der Waals surface area contributed by atoms with Crippen molar-refractivity contribution in [2.45, 2.75) is 51.4 Å². The third-order valence-electron chi connectivity index (χ3n) is 6.63. The largest absolute Gasteiger partial charge is 0.333 e. The lowest BCUT2D eigenvalue weighted by molar-refractivity contribution is -0.138. The molecule has 1 saturated carbocycles. The molecule has 1 amide bonds. The molecule has 1 aliphatic heterocycles. The number of thiophene rings is 1. The first-order chi connectivity index (χ1) is 13.6. The van der Waals surface area contributed by atoms with Crippen LogP contribution in [0.4, 0.5) is 0 Å². The highest BCUT2D eigenvalue weighted by atomic mass is 32.1. The van der Waals surface area contributed by atoms with Gasteiger partial charge in [-0.1, -0.05) is 30.3 Å². The van der Waals surface area contributed by atoms with E-state index in [0.717, 1.165) is 26.2 Å². The summed E-state index contributed by atoms with van der Waals surface area (Å²) in [6.45, 7) is 5.76. The molecule has 1 aromatic heterocycles. The zero-order valence-electron chi connectivity index (χ0n) is 16.9. The standard InChI is InChI=1S/C23H31N3OS/c1-18(25(2)15-19-6-4-3-5-7-19)22(27)26(16-20-8-13-28-17-20)21-14-23(21)9-11-24-12-10-23/h3-8,13,17-18,21,24H,9-12,14-16H2,1-2H3. The van der Waals surface area contributed by atoms with Crippen molar-refractivity contribution in [1.29, 1.82) is 0 Å². The minimum Gasteiger partial charge on any atom is -0.333 e. The fourth-order valence-corrected chi connectivity index (χ4v) is 5.25.